The first-order valence-electron chi connectivity index (χ1n) is 15.2. The van der Waals surface area contributed by atoms with Gasteiger partial charge in [-0.15, -0.1) is 0 Å². The average molecular weight is 611 g/mol. The second-order valence-corrected chi connectivity index (χ2v) is 12.1. The molecule has 1 saturated heterocycles. The predicted octanol–water partition coefficient (Wildman–Crippen LogP) is 2.03. The molecule has 1 unspecified atom stereocenters. The highest BCUT2D eigenvalue weighted by Crippen LogP contribution is 2.42. The average Bonchev–Trinajstić information content (AvgIpc) is 3.76. The number of carboxylic acids is 1. The fourth-order valence-electron chi connectivity index (χ4n) is 7.50. The smallest absolute Gasteiger partial charge is 0.320 e. The number of aromatic nitrogens is 3. The molecule has 6 rings (SSSR count). The summed E-state index contributed by atoms with van der Waals surface area (Å²) < 4.78 is 5.15. The minimum absolute atomic E-state index is 0.0551. The minimum atomic E-state index is -1.15. The number of aliphatic carboxylic acids is 1. The molecule has 0 aromatic carbocycles. The van der Waals surface area contributed by atoms with Crippen molar-refractivity contribution in [3.05, 3.63) is 78.4 Å². The van der Waals surface area contributed by atoms with Crippen molar-refractivity contribution in [1.29, 1.82) is 0 Å². The maximum atomic E-state index is 14.0. The molecule has 3 aromatic rings. The van der Waals surface area contributed by atoms with E-state index in [1.54, 1.807) is 6.08 Å². The van der Waals surface area contributed by atoms with Crippen LogP contribution in [0.5, 0.6) is 0 Å². The zero-order valence-corrected chi connectivity index (χ0v) is 26.1. The number of Topliss-reactive ketones (excluding diaryl/α,β-unsaturated/α-hetero) is 1. The van der Waals surface area contributed by atoms with Crippen LogP contribution in [0.4, 0.5) is 0 Å². The number of nitrogens with one attached hydrogen (secondary N) is 4. The summed E-state index contributed by atoms with van der Waals surface area (Å²) in [5, 5.41) is 26.2. The minimum Gasteiger partial charge on any atom is -0.515 e. The number of ether oxygens (including phenoxy) is 1. The molecule has 3 aliphatic rings. The normalized spacial score (nSPS) is 24.7. The maximum absolute atomic E-state index is 14.0. The Morgan fingerprint density at radius 2 is 1.78 bits per heavy atom. The summed E-state index contributed by atoms with van der Waals surface area (Å²) in [6.07, 6.45) is 9.73. The van der Waals surface area contributed by atoms with Crippen LogP contribution in [0.3, 0.4) is 0 Å². The molecule has 1 aliphatic carbocycles. The molecule has 10 nitrogen and oxygen atoms in total. The van der Waals surface area contributed by atoms with Gasteiger partial charge in [-0.3, -0.25) is 14.4 Å². The van der Waals surface area contributed by atoms with Crippen molar-refractivity contribution in [3.8, 4) is 0 Å². The fourth-order valence-corrected chi connectivity index (χ4v) is 7.50. The summed E-state index contributed by atoms with van der Waals surface area (Å²) in [6, 6.07) is -0.502. The van der Waals surface area contributed by atoms with Crippen molar-refractivity contribution in [1.82, 2.24) is 20.3 Å². The zero-order valence-electron chi connectivity index (χ0n) is 26.1. The number of H-pyrrole nitrogens is 3. The number of methoxy groups -OCH3 is 1. The summed E-state index contributed by atoms with van der Waals surface area (Å²) in [6.45, 7) is 12.0. The number of carboxylic acid groups (broad SMARTS) is 1. The highest BCUT2D eigenvalue weighted by Gasteiger charge is 2.49. The molecule has 8 bridgehead atoms. The molecular formula is C35H38N4O6. The van der Waals surface area contributed by atoms with Crippen molar-refractivity contribution >= 4 is 53.9 Å². The largest absolute Gasteiger partial charge is 0.515 e. The third kappa shape index (κ3) is 4.58. The monoisotopic (exact) mass is 610 g/mol. The maximum Gasteiger partial charge on any atom is 0.320 e. The van der Waals surface area contributed by atoms with Gasteiger partial charge in [0.1, 0.15) is 5.92 Å². The lowest BCUT2D eigenvalue weighted by Gasteiger charge is -2.25. The van der Waals surface area contributed by atoms with Gasteiger partial charge in [-0.2, -0.15) is 0 Å². The third-order valence-corrected chi connectivity index (χ3v) is 9.88. The van der Waals surface area contributed by atoms with Gasteiger partial charge in [-0.05, 0) is 73.1 Å². The number of esters is 1. The summed E-state index contributed by atoms with van der Waals surface area (Å²) >= 11 is 0. The van der Waals surface area contributed by atoms with E-state index in [9.17, 15) is 24.6 Å². The molecular weight excluding hydrogens is 572 g/mol. The lowest BCUT2D eigenvalue weighted by molar-refractivity contribution is -0.142. The topological polar surface area (TPSA) is 160 Å². The number of carbonyl (C=O) groups excluding carboxylic acids is 2. The summed E-state index contributed by atoms with van der Waals surface area (Å²) in [5.74, 6) is -3.39. The van der Waals surface area contributed by atoms with Gasteiger partial charge in [0.05, 0.1) is 30.1 Å². The van der Waals surface area contributed by atoms with Crippen molar-refractivity contribution in [2.24, 2.45) is 17.8 Å². The lowest BCUT2D eigenvalue weighted by atomic mass is 9.80. The number of ketones is 1. The quantitative estimate of drug-likeness (QED) is 0.184. The van der Waals surface area contributed by atoms with Crippen LogP contribution in [0, 0.1) is 31.6 Å². The van der Waals surface area contributed by atoms with Gasteiger partial charge in [0.15, 0.2) is 5.78 Å². The molecule has 3 aromatic heterocycles. The number of hydrogen-bond donors (Lipinski definition) is 6. The van der Waals surface area contributed by atoms with Crippen LogP contribution < -0.4 is 26.6 Å². The van der Waals surface area contributed by atoms with Crippen molar-refractivity contribution in [3.63, 3.8) is 0 Å². The highest BCUT2D eigenvalue weighted by atomic mass is 16.5. The van der Waals surface area contributed by atoms with E-state index in [1.807, 2.05) is 45.9 Å². The second kappa shape index (κ2) is 11.2. The number of aliphatic hydroxyl groups is 1. The molecule has 6 N–H and O–H groups in total. The number of aliphatic hydroxyl groups excluding tert-OH is 1. The number of rotatable bonds is 6. The third-order valence-electron chi connectivity index (χ3n) is 9.88. The van der Waals surface area contributed by atoms with Gasteiger partial charge < -0.3 is 35.2 Å². The van der Waals surface area contributed by atoms with Gasteiger partial charge in [0.2, 0.25) is 0 Å². The lowest BCUT2D eigenvalue weighted by Crippen LogP contribution is -2.38. The molecule has 1 fully saturated rings. The first-order valence-corrected chi connectivity index (χ1v) is 15.2. The van der Waals surface area contributed by atoms with Gasteiger partial charge >= 0.3 is 11.9 Å². The Labute approximate surface area is 259 Å². The van der Waals surface area contributed by atoms with E-state index in [1.165, 1.54) is 7.11 Å². The standard InChI is InChI=1S/C35H38N4O6/c1-7-18-15(3)22-11-23-16(4)20(9-10-28(41)42)32(38-23)30-31(35(44)45-6)34(43)29-17(5)24(39-33(29)30)12-26-19(8-2)21(14-40)27(37-26)13-25(18)36-22/h7,11-14,16,20,31-32,36-40H,1,8-10H2,2-6H3,(H,41,42)/b21-14+,23-11-,24-12-,27-13-/t16-,20-,31+,32?/m0/s1. The summed E-state index contributed by atoms with van der Waals surface area (Å²) in [5.41, 5.74) is 7.78. The van der Waals surface area contributed by atoms with E-state index in [2.05, 4.69) is 26.8 Å². The number of fused-ring (bicyclic) bond motifs is 8. The molecule has 0 radical (unpaired) electrons. The van der Waals surface area contributed by atoms with Crippen LogP contribution >= 0.6 is 0 Å². The van der Waals surface area contributed by atoms with Gasteiger partial charge in [-0.25, -0.2) is 0 Å². The Hall–Kier alpha value is -4.99. The molecule has 0 saturated carbocycles. The van der Waals surface area contributed by atoms with E-state index in [4.69, 9.17) is 4.74 Å². The Bertz CT molecular complexity index is 2070. The Morgan fingerprint density at radius 3 is 2.42 bits per heavy atom. The van der Waals surface area contributed by atoms with Gasteiger partial charge in [0, 0.05) is 56.8 Å². The first kappa shape index (κ1) is 30.1. The molecule has 0 spiro atoms. The van der Waals surface area contributed by atoms with E-state index in [-0.39, 0.29) is 24.0 Å². The predicted molar refractivity (Wildman–Crippen MR) is 172 cm³/mol. The first-order chi connectivity index (χ1) is 21.5. The van der Waals surface area contributed by atoms with Crippen LogP contribution in [-0.4, -0.2) is 56.0 Å². The van der Waals surface area contributed by atoms with Crippen LogP contribution in [0.2, 0.25) is 0 Å². The number of aromatic amines is 3. The highest BCUT2D eigenvalue weighted by molar-refractivity contribution is 6.19. The van der Waals surface area contributed by atoms with Gasteiger partial charge in [0.25, 0.3) is 0 Å². The molecule has 10 heteroatoms. The molecule has 45 heavy (non-hydrogen) atoms. The number of hydrogen-bond acceptors (Lipinski definition) is 6. The number of allylic oxidation sites excluding steroid dienone is 1. The van der Waals surface area contributed by atoms with E-state index in [0.29, 0.717) is 50.8 Å². The molecule has 2 aliphatic heterocycles. The molecule has 0 amide bonds. The Morgan fingerprint density at radius 1 is 1.04 bits per heavy atom. The SMILES string of the molecule is C=Cc1c2[nH]c(c1C)/C=C1\NC(C3=c4[nH]/c(c(C)c4C(=O)[C@@H]3C(=O)OC)=C\c3[nH]c(/c(=C/O)c3CC)=C\2)[C@@H](CCC(=O)O)[C@@H]1C. The zero-order chi connectivity index (χ0) is 32.3. The van der Waals surface area contributed by atoms with Gasteiger partial charge in [-0.1, -0.05) is 26.5 Å². The van der Waals surface area contributed by atoms with Crippen LogP contribution in [0.1, 0.15) is 76.4 Å². The molecule has 4 atom stereocenters. The van der Waals surface area contributed by atoms with Crippen molar-refractivity contribution in [2.75, 3.05) is 7.11 Å². The van der Waals surface area contributed by atoms with Crippen molar-refractivity contribution < 1.29 is 29.3 Å². The molecule has 5 heterocycles. The summed E-state index contributed by atoms with van der Waals surface area (Å²) in [4.78, 5) is 49.5. The second-order valence-electron chi connectivity index (χ2n) is 12.1. The van der Waals surface area contributed by atoms with Crippen LogP contribution in [-0.2, 0) is 20.7 Å². The van der Waals surface area contributed by atoms with Crippen molar-refractivity contribution in [2.45, 2.75) is 53.0 Å². The fraction of sp³-hybridized carbons (Fsp3) is 0.343. The van der Waals surface area contributed by atoms with E-state index >= 15 is 0 Å². The Kier molecular flexibility index (Phi) is 7.46. The van der Waals surface area contributed by atoms with Crippen LogP contribution in [0.25, 0.3) is 36.1 Å². The molecule has 234 valence electrons. The Balaban J connectivity index is 1.75. The van der Waals surface area contributed by atoms with E-state index < -0.39 is 23.9 Å². The number of carbonyl (C=O) groups is 3. The van der Waals surface area contributed by atoms with E-state index in [0.717, 1.165) is 45.7 Å². The van der Waals surface area contributed by atoms with Crippen LogP contribution in [0.15, 0.2) is 12.3 Å². The summed E-state index contributed by atoms with van der Waals surface area (Å²) in [7, 11) is 1.27.